The number of aromatic nitrogens is 2. The molecule has 4 rings (SSSR count). The topological polar surface area (TPSA) is 83.5 Å². The minimum Gasteiger partial charge on any atom is -0.296 e. The van der Waals surface area contributed by atoms with Gasteiger partial charge in [0.05, 0.1) is 4.90 Å². The van der Waals surface area contributed by atoms with E-state index in [4.69, 9.17) is 9.97 Å². The maximum absolute atomic E-state index is 13.0. The zero-order valence-electron chi connectivity index (χ0n) is 18.4. The number of aryl methyl sites for hydroxylation is 1. The molecule has 7 nitrogen and oxygen atoms in total. The molecule has 0 bridgehead atoms. The van der Waals surface area contributed by atoms with Crippen LogP contribution in [0.5, 0.6) is 0 Å². The third kappa shape index (κ3) is 4.36. The lowest BCUT2D eigenvalue weighted by Crippen LogP contribution is -2.38. The number of fused-ring (bicyclic) bond motifs is 1. The first-order chi connectivity index (χ1) is 14.8. The fourth-order valence-corrected chi connectivity index (χ4v) is 5.82. The molecule has 0 saturated carbocycles. The summed E-state index contributed by atoms with van der Waals surface area (Å²) in [6.45, 7) is 7.71. The molecular weight excluding hydrogens is 412 g/mol. The van der Waals surface area contributed by atoms with E-state index in [0.717, 1.165) is 23.5 Å². The number of sulfonamides is 1. The Morgan fingerprint density at radius 1 is 1.13 bits per heavy atom. The summed E-state index contributed by atoms with van der Waals surface area (Å²) in [6, 6.07) is 8.53. The Morgan fingerprint density at radius 3 is 2.58 bits per heavy atom. The number of amides is 1. The van der Waals surface area contributed by atoms with Crippen LogP contribution in [0.3, 0.4) is 0 Å². The molecule has 2 aliphatic rings. The molecule has 0 radical (unpaired) electrons. The van der Waals surface area contributed by atoms with Gasteiger partial charge in [-0.25, -0.2) is 18.4 Å². The zero-order chi connectivity index (χ0) is 22.2. The number of anilines is 1. The van der Waals surface area contributed by atoms with E-state index in [-0.39, 0.29) is 11.8 Å². The second-order valence-electron chi connectivity index (χ2n) is 8.86. The van der Waals surface area contributed by atoms with Crippen molar-refractivity contribution in [2.75, 3.05) is 24.5 Å². The largest absolute Gasteiger partial charge is 0.296 e. The molecule has 0 spiro atoms. The predicted octanol–water partition coefficient (Wildman–Crippen LogP) is 3.29. The van der Waals surface area contributed by atoms with Gasteiger partial charge in [0, 0.05) is 43.2 Å². The van der Waals surface area contributed by atoms with Crippen molar-refractivity contribution in [3.05, 3.63) is 47.4 Å². The molecule has 1 saturated heterocycles. The van der Waals surface area contributed by atoms with Gasteiger partial charge in [-0.2, -0.15) is 4.31 Å². The summed E-state index contributed by atoms with van der Waals surface area (Å²) in [5.41, 5.74) is 1.94. The SMILES string of the molecule is Cc1nc([C@@H]2CCN(S(=O)(=O)c3ccccc3)C2)nc2c1CCC(=O)N2CCC(C)C. The van der Waals surface area contributed by atoms with Crippen LogP contribution in [0.25, 0.3) is 0 Å². The normalized spacial score (nSPS) is 19.8. The molecule has 31 heavy (non-hydrogen) atoms. The maximum atomic E-state index is 13.0. The Hall–Kier alpha value is -2.32. The first-order valence-corrected chi connectivity index (χ1v) is 12.4. The van der Waals surface area contributed by atoms with Gasteiger partial charge in [0.2, 0.25) is 15.9 Å². The van der Waals surface area contributed by atoms with Gasteiger partial charge in [-0.15, -0.1) is 0 Å². The zero-order valence-corrected chi connectivity index (χ0v) is 19.2. The van der Waals surface area contributed by atoms with E-state index < -0.39 is 10.0 Å². The minimum atomic E-state index is -3.53. The summed E-state index contributed by atoms with van der Waals surface area (Å²) in [7, 11) is -3.53. The van der Waals surface area contributed by atoms with Crippen molar-refractivity contribution < 1.29 is 13.2 Å². The number of carbonyl (C=O) groups is 1. The molecule has 1 amide bonds. The average molecular weight is 443 g/mol. The molecular formula is C23H30N4O3S. The summed E-state index contributed by atoms with van der Waals surface area (Å²) >= 11 is 0. The molecule has 1 aromatic heterocycles. The predicted molar refractivity (Wildman–Crippen MR) is 119 cm³/mol. The Kier molecular flexibility index (Phi) is 6.12. The van der Waals surface area contributed by atoms with Crippen LogP contribution in [0.4, 0.5) is 5.82 Å². The Labute approximate surface area is 184 Å². The monoisotopic (exact) mass is 442 g/mol. The van der Waals surface area contributed by atoms with Gasteiger partial charge >= 0.3 is 0 Å². The van der Waals surface area contributed by atoms with Gasteiger partial charge in [0.1, 0.15) is 11.6 Å². The summed E-state index contributed by atoms with van der Waals surface area (Å²) in [4.78, 5) is 24.3. The van der Waals surface area contributed by atoms with Gasteiger partial charge < -0.3 is 0 Å². The van der Waals surface area contributed by atoms with E-state index in [2.05, 4.69) is 13.8 Å². The average Bonchev–Trinajstić information content (AvgIpc) is 3.24. The second-order valence-corrected chi connectivity index (χ2v) is 10.8. The standard InChI is InChI=1S/C23H30N4O3S/c1-16(2)11-14-27-21(28)10-9-20-17(3)24-22(25-23(20)27)18-12-13-26(15-18)31(29,30)19-7-5-4-6-8-19/h4-8,16,18H,9-15H2,1-3H3/t18-/m1/s1. The van der Waals surface area contributed by atoms with Crippen molar-refractivity contribution in [2.24, 2.45) is 5.92 Å². The highest BCUT2D eigenvalue weighted by Crippen LogP contribution is 2.34. The molecule has 1 aromatic carbocycles. The Bertz CT molecular complexity index is 1070. The molecule has 0 aliphatic carbocycles. The van der Waals surface area contributed by atoms with Crippen molar-refractivity contribution in [3.63, 3.8) is 0 Å². The summed E-state index contributed by atoms with van der Waals surface area (Å²) in [6.07, 6.45) is 2.74. The molecule has 2 aliphatic heterocycles. The highest BCUT2D eigenvalue weighted by atomic mass is 32.2. The Morgan fingerprint density at radius 2 is 1.87 bits per heavy atom. The number of hydrogen-bond donors (Lipinski definition) is 0. The molecule has 8 heteroatoms. The third-order valence-electron chi connectivity index (χ3n) is 6.18. The van der Waals surface area contributed by atoms with E-state index in [0.29, 0.717) is 55.5 Å². The number of carbonyl (C=O) groups excluding carboxylic acids is 1. The van der Waals surface area contributed by atoms with Gasteiger partial charge in [-0.05, 0) is 44.2 Å². The van der Waals surface area contributed by atoms with Crippen LogP contribution in [0.1, 0.15) is 56.1 Å². The minimum absolute atomic E-state index is 0.0773. The van der Waals surface area contributed by atoms with Crippen LogP contribution in [-0.2, 0) is 21.2 Å². The highest BCUT2D eigenvalue weighted by molar-refractivity contribution is 7.89. The first-order valence-electron chi connectivity index (χ1n) is 11.0. The van der Waals surface area contributed by atoms with Crippen LogP contribution < -0.4 is 4.90 Å². The molecule has 166 valence electrons. The number of hydrogen-bond acceptors (Lipinski definition) is 5. The van der Waals surface area contributed by atoms with Crippen molar-refractivity contribution >= 4 is 21.7 Å². The first kappa shape index (κ1) is 21.9. The quantitative estimate of drug-likeness (QED) is 0.686. The summed E-state index contributed by atoms with van der Waals surface area (Å²) in [5, 5.41) is 0. The third-order valence-corrected chi connectivity index (χ3v) is 8.06. The Balaban J connectivity index is 1.60. The van der Waals surface area contributed by atoms with Gasteiger partial charge in [-0.1, -0.05) is 32.0 Å². The molecule has 2 aromatic rings. The van der Waals surface area contributed by atoms with E-state index in [1.165, 1.54) is 4.31 Å². The highest BCUT2D eigenvalue weighted by Gasteiger charge is 2.36. The van der Waals surface area contributed by atoms with Crippen molar-refractivity contribution in [1.82, 2.24) is 14.3 Å². The van der Waals surface area contributed by atoms with Crippen LogP contribution >= 0.6 is 0 Å². The molecule has 1 fully saturated rings. The lowest BCUT2D eigenvalue weighted by molar-refractivity contribution is -0.119. The fourth-order valence-electron chi connectivity index (χ4n) is 4.30. The van der Waals surface area contributed by atoms with Gasteiger partial charge in [-0.3, -0.25) is 9.69 Å². The van der Waals surface area contributed by atoms with Crippen LogP contribution in [-0.4, -0.2) is 48.2 Å². The lowest BCUT2D eigenvalue weighted by Gasteiger charge is -2.30. The van der Waals surface area contributed by atoms with E-state index in [1.807, 2.05) is 17.9 Å². The maximum Gasteiger partial charge on any atom is 0.243 e. The number of rotatable bonds is 6. The molecule has 1 atom stereocenters. The number of nitrogens with zero attached hydrogens (tertiary/aromatic N) is 4. The fraction of sp³-hybridized carbons (Fsp3) is 0.522. The number of benzene rings is 1. The van der Waals surface area contributed by atoms with Gasteiger partial charge in [0.25, 0.3) is 0 Å². The van der Waals surface area contributed by atoms with Gasteiger partial charge in [0.15, 0.2) is 0 Å². The van der Waals surface area contributed by atoms with Crippen LogP contribution in [0.2, 0.25) is 0 Å². The van der Waals surface area contributed by atoms with Crippen LogP contribution in [0, 0.1) is 12.8 Å². The van der Waals surface area contributed by atoms with Crippen molar-refractivity contribution in [1.29, 1.82) is 0 Å². The molecule has 3 heterocycles. The molecule has 0 unspecified atom stereocenters. The van der Waals surface area contributed by atoms with E-state index in [1.54, 1.807) is 24.3 Å². The van der Waals surface area contributed by atoms with Crippen LogP contribution in [0.15, 0.2) is 35.2 Å². The second kappa shape index (κ2) is 8.67. The summed E-state index contributed by atoms with van der Waals surface area (Å²) in [5.74, 6) is 1.89. The van der Waals surface area contributed by atoms with Crippen molar-refractivity contribution in [2.45, 2.75) is 57.3 Å². The smallest absolute Gasteiger partial charge is 0.243 e. The van der Waals surface area contributed by atoms with E-state index in [9.17, 15) is 13.2 Å². The summed E-state index contributed by atoms with van der Waals surface area (Å²) < 4.78 is 27.5. The van der Waals surface area contributed by atoms with E-state index >= 15 is 0 Å². The lowest BCUT2D eigenvalue weighted by atomic mass is 10.0. The molecule has 0 N–H and O–H groups in total. The van der Waals surface area contributed by atoms with Crippen molar-refractivity contribution in [3.8, 4) is 0 Å².